The van der Waals surface area contributed by atoms with Gasteiger partial charge in [-0.3, -0.25) is 0 Å². The van der Waals surface area contributed by atoms with Crippen LogP contribution in [-0.2, 0) is 0 Å². The minimum Gasteiger partial charge on any atom is -0.336 e. The molecule has 2 saturated heterocycles. The summed E-state index contributed by atoms with van der Waals surface area (Å²) in [6.45, 7) is 6.78. The van der Waals surface area contributed by atoms with Gasteiger partial charge in [0.2, 0.25) is 0 Å². The van der Waals surface area contributed by atoms with Gasteiger partial charge in [-0.1, -0.05) is 0 Å². The zero-order chi connectivity index (χ0) is 11.4. The van der Waals surface area contributed by atoms with E-state index in [9.17, 15) is 4.79 Å². The van der Waals surface area contributed by atoms with Crippen molar-refractivity contribution in [3.05, 3.63) is 0 Å². The lowest BCUT2D eigenvalue weighted by molar-refractivity contribution is 0.217. The summed E-state index contributed by atoms with van der Waals surface area (Å²) in [5, 5.41) is 6.29. The monoisotopic (exact) mass is 243 g/mol. The largest absolute Gasteiger partial charge is 0.336 e. The number of rotatable bonds is 5. The first kappa shape index (κ1) is 12.0. The highest BCUT2D eigenvalue weighted by Gasteiger charge is 2.28. The molecule has 0 bridgehead atoms. The molecule has 0 radical (unpaired) electrons. The Hall–Kier alpha value is -0.420. The Morgan fingerprint density at radius 2 is 2.50 bits per heavy atom. The van der Waals surface area contributed by atoms with E-state index >= 15 is 0 Å². The van der Waals surface area contributed by atoms with Gasteiger partial charge in [-0.25, -0.2) is 4.79 Å². The Morgan fingerprint density at radius 3 is 3.12 bits per heavy atom. The summed E-state index contributed by atoms with van der Waals surface area (Å²) in [6, 6.07) is 0.0863. The van der Waals surface area contributed by atoms with E-state index in [2.05, 4.69) is 29.3 Å². The number of amides is 2. The number of nitrogens with one attached hydrogen (secondary N) is 2. The van der Waals surface area contributed by atoms with Crippen molar-refractivity contribution in [3.8, 4) is 0 Å². The van der Waals surface area contributed by atoms with Gasteiger partial charge in [0.25, 0.3) is 0 Å². The zero-order valence-corrected chi connectivity index (χ0v) is 10.7. The summed E-state index contributed by atoms with van der Waals surface area (Å²) in [5.41, 5.74) is 0. The van der Waals surface area contributed by atoms with Gasteiger partial charge >= 0.3 is 6.03 Å². The molecule has 2 fully saturated rings. The van der Waals surface area contributed by atoms with Crippen molar-refractivity contribution in [2.45, 2.75) is 24.5 Å². The Kier molecular flexibility index (Phi) is 3.97. The van der Waals surface area contributed by atoms with Crippen molar-refractivity contribution in [1.82, 2.24) is 15.5 Å². The summed E-state index contributed by atoms with van der Waals surface area (Å²) in [4.78, 5) is 13.1. The molecule has 2 amide bonds. The molecular formula is C11H21N3OS. The van der Waals surface area contributed by atoms with Crippen LogP contribution in [0.1, 0.15) is 19.8 Å². The second-order valence-electron chi connectivity index (χ2n) is 4.80. The van der Waals surface area contributed by atoms with Crippen LogP contribution < -0.4 is 10.6 Å². The summed E-state index contributed by atoms with van der Waals surface area (Å²) in [6.07, 6.45) is 2.66. The van der Waals surface area contributed by atoms with Gasteiger partial charge in [-0.15, -0.1) is 0 Å². The molecule has 2 aliphatic rings. The maximum absolute atomic E-state index is 11.3. The third-order valence-corrected chi connectivity index (χ3v) is 4.84. The van der Waals surface area contributed by atoms with Crippen molar-refractivity contribution in [1.29, 1.82) is 0 Å². The number of thioether (sulfide) groups is 1. The van der Waals surface area contributed by atoms with Gasteiger partial charge < -0.3 is 15.5 Å². The standard InChI is InChI=1S/C11H21N3OS/c1-11(3-2-8-16-11)9-12-4-6-14-7-5-13-10(14)15/h12H,2-9H2,1H3,(H,13,15). The molecule has 1 unspecified atom stereocenters. The zero-order valence-electron chi connectivity index (χ0n) is 9.92. The predicted molar refractivity (Wildman–Crippen MR) is 67.9 cm³/mol. The molecule has 16 heavy (non-hydrogen) atoms. The van der Waals surface area contributed by atoms with Gasteiger partial charge in [0.05, 0.1) is 0 Å². The molecule has 1 atom stereocenters. The van der Waals surface area contributed by atoms with E-state index in [-0.39, 0.29) is 6.03 Å². The predicted octanol–water partition coefficient (Wildman–Crippen LogP) is 0.887. The molecule has 92 valence electrons. The van der Waals surface area contributed by atoms with Crippen LogP contribution in [0.4, 0.5) is 4.79 Å². The van der Waals surface area contributed by atoms with E-state index in [0.29, 0.717) is 4.75 Å². The third kappa shape index (κ3) is 3.04. The maximum atomic E-state index is 11.3. The number of urea groups is 1. The quantitative estimate of drug-likeness (QED) is 0.705. The first-order valence-corrected chi connectivity index (χ1v) is 7.06. The van der Waals surface area contributed by atoms with E-state index in [1.54, 1.807) is 0 Å². The fraction of sp³-hybridized carbons (Fsp3) is 0.909. The highest BCUT2D eigenvalue weighted by molar-refractivity contribution is 8.00. The van der Waals surface area contributed by atoms with Crippen molar-refractivity contribution in [3.63, 3.8) is 0 Å². The summed E-state index contributed by atoms with van der Waals surface area (Å²) in [7, 11) is 0. The summed E-state index contributed by atoms with van der Waals surface area (Å²) in [5.74, 6) is 1.30. The van der Waals surface area contributed by atoms with Gasteiger partial charge in [0, 0.05) is 37.5 Å². The smallest absolute Gasteiger partial charge is 0.317 e. The van der Waals surface area contributed by atoms with E-state index in [0.717, 1.165) is 32.7 Å². The first-order valence-electron chi connectivity index (χ1n) is 6.07. The lowest BCUT2D eigenvalue weighted by Crippen LogP contribution is -2.39. The average molecular weight is 243 g/mol. The van der Waals surface area contributed by atoms with Crippen LogP contribution in [-0.4, -0.2) is 54.2 Å². The van der Waals surface area contributed by atoms with Gasteiger partial charge in [-0.05, 0) is 25.5 Å². The van der Waals surface area contributed by atoms with E-state index in [1.165, 1.54) is 18.6 Å². The lowest BCUT2D eigenvalue weighted by atomic mass is 10.1. The second kappa shape index (κ2) is 5.27. The molecule has 0 aliphatic carbocycles. The fourth-order valence-electron chi connectivity index (χ4n) is 2.27. The van der Waals surface area contributed by atoms with Gasteiger partial charge in [0.1, 0.15) is 0 Å². The fourth-order valence-corrected chi connectivity index (χ4v) is 3.54. The minimum absolute atomic E-state index is 0.0863. The lowest BCUT2D eigenvalue weighted by Gasteiger charge is -2.23. The normalized spacial score (nSPS) is 29.8. The van der Waals surface area contributed by atoms with Crippen LogP contribution in [0.3, 0.4) is 0 Å². The first-order chi connectivity index (χ1) is 7.70. The van der Waals surface area contributed by atoms with Crippen LogP contribution in [0.5, 0.6) is 0 Å². The van der Waals surface area contributed by atoms with E-state index in [1.807, 2.05) is 4.90 Å². The summed E-state index contributed by atoms with van der Waals surface area (Å²) < 4.78 is 0.424. The van der Waals surface area contributed by atoms with Crippen molar-refractivity contribution >= 4 is 17.8 Å². The number of hydrogen-bond donors (Lipinski definition) is 2. The molecule has 2 rings (SSSR count). The Bertz CT molecular complexity index is 254. The SMILES string of the molecule is CC1(CNCCN2CCNC2=O)CCCS1. The molecule has 5 heteroatoms. The summed E-state index contributed by atoms with van der Waals surface area (Å²) >= 11 is 2.07. The number of nitrogens with zero attached hydrogens (tertiary/aromatic N) is 1. The second-order valence-corrected chi connectivity index (χ2v) is 6.48. The average Bonchev–Trinajstić information content (AvgIpc) is 2.84. The molecule has 0 saturated carbocycles. The Labute approximate surface area is 102 Å². The third-order valence-electron chi connectivity index (χ3n) is 3.30. The van der Waals surface area contributed by atoms with Crippen molar-refractivity contribution < 1.29 is 4.79 Å². The van der Waals surface area contributed by atoms with Gasteiger partial charge in [0.15, 0.2) is 0 Å². The van der Waals surface area contributed by atoms with Gasteiger partial charge in [-0.2, -0.15) is 11.8 Å². The van der Waals surface area contributed by atoms with E-state index in [4.69, 9.17) is 0 Å². The highest BCUT2D eigenvalue weighted by Crippen LogP contribution is 2.36. The van der Waals surface area contributed by atoms with Crippen molar-refractivity contribution in [2.75, 3.05) is 38.5 Å². The topological polar surface area (TPSA) is 44.4 Å². The molecule has 0 aromatic carbocycles. The molecule has 0 spiro atoms. The Balaban J connectivity index is 1.59. The van der Waals surface area contributed by atoms with Crippen LogP contribution in [0, 0.1) is 0 Å². The van der Waals surface area contributed by atoms with Crippen molar-refractivity contribution in [2.24, 2.45) is 0 Å². The Morgan fingerprint density at radius 1 is 1.62 bits per heavy atom. The van der Waals surface area contributed by atoms with Crippen LogP contribution >= 0.6 is 11.8 Å². The maximum Gasteiger partial charge on any atom is 0.317 e. The highest BCUT2D eigenvalue weighted by atomic mass is 32.2. The number of carbonyl (C=O) groups is 1. The molecule has 2 heterocycles. The molecule has 2 N–H and O–H groups in total. The molecule has 2 aliphatic heterocycles. The minimum atomic E-state index is 0.0863. The number of hydrogen-bond acceptors (Lipinski definition) is 3. The molecule has 4 nitrogen and oxygen atoms in total. The van der Waals surface area contributed by atoms with Crippen LogP contribution in [0.15, 0.2) is 0 Å². The molecular weight excluding hydrogens is 222 g/mol. The number of carbonyl (C=O) groups excluding carboxylic acids is 1. The van der Waals surface area contributed by atoms with Crippen LogP contribution in [0.25, 0.3) is 0 Å². The molecule has 0 aromatic rings. The molecule has 0 aromatic heterocycles. The van der Waals surface area contributed by atoms with Crippen LogP contribution in [0.2, 0.25) is 0 Å². The van der Waals surface area contributed by atoms with E-state index < -0.39 is 0 Å².